The number of nitrogens with zero attached hydrogens (tertiary/aromatic N) is 3. The van der Waals surface area contributed by atoms with Crippen LogP contribution in [0, 0.1) is 0 Å². The molecule has 0 bridgehead atoms. The summed E-state index contributed by atoms with van der Waals surface area (Å²) in [5, 5.41) is 8.95. The van der Waals surface area contributed by atoms with Crippen LogP contribution in [0.4, 0.5) is 0 Å². The summed E-state index contributed by atoms with van der Waals surface area (Å²) in [5.74, 6) is -0.915. The number of piperazine rings is 1. The van der Waals surface area contributed by atoms with Crippen molar-refractivity contribution in [3.05, 3.63) is 52.0 Å². The van der Waals surface area contributed by atoms with Crippen LogP contribution >= 0.6 is 11.3 Å². The third-order valence-electron chi connectivity index (χ3n) is 3.80. The Hall–Kier alpha value is -2.25. The van der Waals surface area contributed by atoms with Crippen molar-refractivity contribution < 1.29 is 14.7 Å². The van der Waals surface area contributed by atoms with E-state index in [1.165, 1.54) is 11.3 Å². The first-order chi connectivity index (χ1) is 11.1. The predicted molar refractivity (Wildman–Crippen MR) is 86.7 cm³/mol. The molecule has 3 heterocycles. The van der Waals surface area contributed by atoms with Gasteiger partial charge in [-0.25, -0.2) is 4.79 Å². The normalized spacial score (nSPS) is 15.6. The maximum atomic E-state index is 12.3. The van der Waals surface area contributed by atoms with Crippen molar-refractivity contribution in [3.8, 4) is 0 Å². The first kappa shape index (κ1) is 15.6. The second-order valence-corrected chi connectivity index (χ2v) is 6.52. The highest BCUT2D eigenvalue weighted by molar-refractivity contribution is 7.13. The number of aromatic carboxylic acids is 1. The van der Waals surface area contributed by atoms with Crippen molar-refractivity contribution in [2.45, 2.75) is 6.54 Å². The average molecular weight is 331 g/mol. The highest BCUT2D eigenvalue weighted by atomic mass is 32.1. The third-order valence-corrected chi connectivity index (χ3v) is 4.85. The number of carbonyl (C=O) groups is 2. The number of carboxylic acid groups (broad SMARTS) is 1. The van der Waals surface area contributed by atoms with Crippen LogP contribution in [-0.2, 0) is 6.54 Å². The zero-order valence-corrected chi connectivity index (χ0v) is 13.3. The van der Waals surface area contributed by atoms with Gasteiger partial charge in [0.25, 0.3) is 5.91 Å². The van der Waals surface area contributed by atoms with Gasteiger partial charge in [-0.3, -0.25) is 14.7 Å². The highest BCUT2D eigenvalue weighted by Crippen LogP contribution is 2.19. The Kier molecular flexibility index (Phi) is 4.68. The Morgan fingerprint density at radius 3 is 2.52 bits per heavy atom. The monoisotopic (exact) mass is 331 g/mol. The molecule has 0 aliphatic carbocycles. The fourth-order valence-electron chi connectivity index (χ4n) is 2.56. The lowest BCUT2D eigenvalue weighted by molar-refractivity contribution is 0.0623. The van der Waals surface area contributed by atoms with E-state index in [1.807, 2.05) is 17.0 Å². The number of aromatic nitrogens is 1. The number of pyridine rings is 1. The van der Waals surface area contributed by atoms with Crippen molar-refractivity contribution >= 4 is 23.2 Å². The molecule has 1 amide bonds. The van der Waals surface area contributed by atoms with E-state index in [1.54, 1.807) is 24.4 Å². The Bertz CT molecular complexity index is 694. The van der Waals surface area contributed by atoms with E-state index < -0.39 is 5.97 Å². The van der Waals surface area contributed by atoms with Gasteiger partial charge >= 0.3 is 5.97 Å². The smallest absolute Gasteiger partial charge is 0.345 e. The molecule has 23 heavy (non-hydrogen) atoms. The van der Waals surface area contributed by atoms with Crippen LogP contribution in [0.5, 0.6) is 0 Å². The van der Waals surface area contributed by atoms with Crippen LogP contribution in [0.2, 0.25) is 0 Å². The highest BCUT2D eigenvalue weighted by Gasteiger charge is 2.23. The predicted octanol–water partition coefficient (Wildman–Crippen LogP) is 1.80. The topological polar surface area (TPSA) is 73.7 Å². The maximum absolute atomic E-state index is 12.3. The lowest BCUT2D eigenvalue weighted by atomic mass is 10.2. The van der Waals surface area contributed by atoms with E-state index in [0.29, 0.717) is 23.7 Å². The maximum Gasteiger partial charge on any atom is 0.345 e. The van der Waals surface area contributed by atoms with E-state index >= 15 is 0 Å². The summed E-state index contributed by atoms with van der Waals surface area (Å²) in [6.07, 6.45) is 1.63. The van der Waals surface area contributed by atoms with Gasteiger partial charge in [-0.2, -0.15) is 0 Å². The Balaban J connectivity index is 1.54. The zero-order valence-electron chi connectivity index (χ0n) is 12.5. The Labute approximate surface area is 138 Å². The average Bonchev–Trinajstić information content (AvgIpc) is 3.04. The van der Waals surface area contributed by atoms with Crippen LogP contribution < -0.4 is 0 Å². The molecule has 0 atom stereocenters. The van der Waals surface area contributed by atoms with Crippen LogP contribution in [0.15, 0.2) is 36.5 Å². The van der Waals surface area contributed by atoms with E-state index in [2.05, 4.69) is 9.88 Å². The van der Waals surface area contributed by atoms with Crippen LogP contribution in [0.3, 0.4) is 0 Å². The summed E-state index contributed by atoms with van der Waals surface area (Å²) >= 11 is 1.31. The molecule has 0 unspecified atom stereocenters. The van der Waals surface area contributed by atoms with Gasteiger partial charge in [-0.15, -0.1) is 11.3 Å². The molecule has 0 radical (unpaired) electrons. The molecule has 0 aromatic carbocycles. The van der Waals surface area contributed by atoms with Crippen molar-refractivity contribution in [3.63, 3.8) is 0 Å². The van der Waals surface area contributed by atoms with Gasteiger partial charge < -0.3 is 10.0 Å². The molecule has 120 valence electrons. The van der Waals surface area contributed by atoms with E-state index in [4.69, 9.17) is 5.11 Å². The number of hydrogen-bond acceptors (Lipinski definition) is 5. The van der Waals surface area contributed by atoms with E-state index in [9.17, 15) is 9.59 Å². The number of amides is 1. The number of thiophene rings is 1. The van der Waals surface area contributed by atoms with Gasteiger partial charge in [0.1, 0.15) is 10.6 Å². The number of rotatable bonds is 4. The standard InChI is InChI=1S/C16H17N3O3S/c20-15(13-3-1-2-6-17-13)19-9-7-18(8-10-19)11-12-4-5-14(23-12)16(21)22/h1-6H,7-11H2,(H,21,22). The van der Waals surface area contributed by atoms with Gasteiger partial charge in [-0.05, 0) is 24.3 Å². The molecule has 2 aromatic rings. The van der Waals surface area contributed by atoms with Crippen molar-refractivity contribution in [2.24, 2.45) is 0 Å². The lowest BCUT2D eigenvalue weighted by Gasteiger charge is -2.34. The summed E-state index contributed by atoms with van der Waals surface area (Å²) in [4.78, 5) is 32.8. The summed E-state index contributed by atoms with van der Waals surface area (Å²) in [7, 11) is 0. The molecule has 0 saturated carbocycles. The Morgan fingerprint density at radius 1 is 1.13 bits per heavy atom. The zero-order chi connectivity index (χ0) is 16.2. The second kappa shape index (κ2) is 6.89. The molecule has 6 nitrogen and oxygen atoms in total. The van der Waals surface area contributed by atoms with Gasteiger partial charge in [0.15, 0.2) is 0 Å². The fraction of sp³-hybridized carbons (Fsp3) is 0.312. The quantitative estimate of drug-likeness (QED) is 0.925. The molecule has 7 heteroatoms. The molecule has 1 aliphatic heterocycles. The number of hydrogen-bond donors (Lipinski definition) is 1. The van der Waals surface area contributed by atoms with Crippen LogP contribution in [-0.4, -0.2) is 57.9 Å². The van der Waals surface area contributed by atoms with Crippen molar-refractivity contribution in [1.82, 2.24) is 14.8 Å². The van der Waals surface area contributed by atoms with E-state index in [-0.39, 0.29) is 5.91 Å². The lowest BCUT2D eigenvalue weighted by Crippen LogP contribution is -2.48. The molecular weight excluding hydrogens is 314 g/mol. The third kappa shape index (κ3) is 3.75. The minimum absolute atomic E-state index is 0.0328. The largest absolute Gasteiger partial charge is 0.477 e. The molecule has 1 fully saturated rings. The SMILES string of the molecule is O=C(O)c1ccc(CN2CCN(C(=O)c3ccccn3)CC2)s1. The number of carboxylic acids is 1. The molecule has 1 aliphatic rings. The molecule has 3 rings (SSSR count). The fourth-order valence-corrected chi connectivity index (χ4v) is 3.45. The van der Waals surface area contributed by atoms with Gasteiger partial charge in [-0.1, -0.05) is 6.07 Å². The molecule has 0 spiro atoms. The van der Waals surface area contributed by atoms with Gasteiger partial charge in [0.2, 0.25) is 0 Å². The van der Waals surface area contributed by atoms with Crippen molar-refractivity contribution in [2.75, 3.05) is 26.2 Å². The molecule has 1 saturated heterocycles. The second-order valence-electron chi connectivity index (χ2n) is 5.35. The molecular formula is C16H17N3O3S. The van der Waals surface area contributed by atoms with Crippen LogP contribution in [0.1, 0.15) is 25.0 Å². The first-order valence-corrected chi connectivity index (χ1v) is 8.20. The summed E-state index contributed by atoms with van der Waals surface area (Å²) in [6.45, 7) is 3.60. The minimum Gasteiger partial charge on any atom is -0.477 e. The summed E-state index contributed by atoms with van der Waals surface area (Å²) in [5.41, 5.74) is 0.477. The summed E-state index contributed by atoms with van der Waals surface area (Å²) in [6, 6.07) is 8.84. The molecule has 1 N–H and O–H groups in total. The minimum atomic E-state index is -0.882. The Morgan fingerprint density at radius 2 is 1.91 bits per heavy atom. The van der Waals surface area contributed by atoms with Gasteiger partial charge in [0.05, 0.1) is 0 Å². The first-order valence-electron chi connectivity index (χ1n) is 7.38. The van der Waals surface area contributed by atoms with Gasteiger partial charge in [0, 0.05) is 43.8 Å². The molecule has 2 aromatic heterocycles. The summed E-state index contributed by atoms with van der Waals surface area (Å²) < 4.78 is 0. The number of carbonyl (C=O) groups excluding carboxylic acids is 1. The van der Waals surface area contributed by atoms with E-state index in [0.717, 1.165) is 24.5 Å². The van der Waals surface area contributed by atoms with Crippen LogP contribution in [0.25, 0.3) is 0 Å². The van der Waals surface area contributed by atoms with Crippen molar-refractivity contribution in [1.29, 1.82) is 0 Å².